The summed E-state index contributed by atoms with van der Waals surface area (Å²) in [5.74, 6) is 0. The number of aliphatic hydroxyl groups is 6. The minimum Gasteiger partial charge on any atom is -0.394 e. The van der Waals surface area contributed by atoms with Crippen LogP contribution in [-0.2, 0) is 9.84 Å². The lowest BCUT2D eigenvalue weighted by atomic mass is 10.0. The summed E-state index contributed by atoms with van der Waals surface area (Å²) in [5.41, 5.74) is -2.29. The van der Waals surface area contributed by atoms with Gasteiger partial charge >= 0.3 is 0 Å². The Hall–Kier alpha value is -0.290. The van der Waals surface area contributed by atoms with Crippen LogP contribution in [0.5, 0.6) is 0 Å². The average Bonchev–Trinajstić information content (AvgIpc) is 2.22. The minimum absolute atomic E-state index is 0.627. The van der Waals surface area contributed by atoms with Crippen LogP contribution in [0.2, 0.25) is 0 Å². The zero-order chi connectivity index (χ0) is 13.1. The van der Waals surface area contributed by atoms with Crippen molar-refractivity contribution in [3.63, 3.8) is 0 Å². The van der Waals surface area contributed by atoms with Crippen LogP contribution in [0.1, 0.15) is 0 Å². The van der Waals surface area contributed by atoms with Gasteiger partial charge in [-0.1, -0.05) is 0 Å². The topological polar surface area (TPSA) is 156 Å². The fourth-order valence-corrected chi connectivity index (χ4v) is 1.63. The van der Waals surface area contributed by atoms with E-state index < -0.39 is 46.3 Å². The van der Waals surface area contributed by atoms with Gasteiger partial charge in [-0.2, -0.15) is 0 Å². The molecular weight excluding hydrogens is 244 g/mol. The van der Waals surface area contributed by atoms with Crippen molar-refractivity contribution in [2.75, 3.05) is 12.9 Å². The van der Waals surface area contributed by atoms with Crippen molar-refractivity contribution in [3.8, 4) is 0 Å². The first-order valence-corrected chi connectivity index (χ1v) is 6.28. The molecule has 0 spiro atoms. The summed E-state index contributed by atoms with van der Waals surface area (Å²) in [4.78, 5) is 0. The molecule has 0 aliphatic heterocycles. The summed E-state index contributed by atoms with van der Waals surface area (Å²) in [5, 5.41) is 54.0. The van der Waals surface area contributed by atoms with E-state index in [2.05, 4.69) is 0 Å². The molecule has 16 heavy (non-hydrogen) atoms. The molecule has 0 aromatic carbocycles. The third-order valence-corrected chi connectivity index (χ3v) is 3.17. The summed E-state index contributed by atoms with van der Waals surface area (Å²) in [6.07, 6.45) is -7.39. The number of rotatable bonds is 6. The molecule has 0 aliphatic carbocycles. The average molecular weight is 260 g/mol. The zero-order valence-electron chi connectivity index (χ0n) is 8.50. The van der Waals surface area contributed by atoms with Crippen LogP contribution in [0, 0.1) is 0 Å². The van der Waals surface area contributed by atoms with E-state index in [1.807, 2.05) is 0 Å². The van der Waals surface area contributed by atoms with Crippen LogP contribution in [0.15, 0.2) is 0 Å². The second kappa shape index (κ2) is 5.87. The Balaban J connectivity index is 4.67. The highest BCUT2D eigenvalue weighted by Crippen LogP contribution is 2.11. The van der Waals surface area contributed by atoms with Crippen molar-refractivity contribution in [1.29, 1.82) is 0 Å². The van der Waals surface area contributed by atoms with Crippen LogP contribution in [0.3, 0.4) is 0 Å². The molecule has 5 atom stereocenters. The Kier molecular flexibility index (Phi) is 5.76. The van der Waals surface area contributed by atoms with Gasteiger partial charge in [0.15, 0.2) is 15.3 Å². The monoisotopic (exact) mass is 260 g/mol. The summed E-state index contributed by atoms with van der Waals surface area (Å²) in [6, 6.07) is 0. The largest absolute Gasteiger partial charge is 0.394 e. The van der Waals surface area contributed by atoms with Gasteiger partial charge in [0.2, 0.25) is 0 Å². The van der Waals surface area contributed by atoms with Crippen LogP contribution in [0.25, 0.3) is 0 Å². The molecule has 0 saturated heterocycles. The summed E-state index contributed by atoms with van der Waals surface area (Å²) in [7, 11) is -4.02. The Morgan fingerprint density at radius 2 is 1.38 bits per heavy atom. The second-order valence-corrected chi connectivity index (χ2v) is 5.58. The van der Waals surface area contributed by atoms with E-state index in [9.17, 15) is 18.6 Å². The van der Waals surface area contributed by atoms with Gasteiger partial charge < -0.3 is 30.6 Å². The van der Waals surface area contributed by atoms with Gasteiger partial charge in [0, 0.05) is 6.26 Å². The van der Waals surface area contributed by atoms with Crippen molar-refractivity contribution < 1.29 is 39.1 Å². The van der Waals surface area contributed by atoms with E-state index in [-0.39, 0.29) is 0 Å². The summed E-state index contributed by atoms with van der Waals surface area (Å²) in [6.45, 7) is -0.889. The molecule has 8 nitrogen and oxygen atoms in total. The van der Waals surface area contributed by atoms with Gasteiger partial charge in [0.05, 0.1) is 6.61 Å². The molecule has 0 radical (unpaired) electrons. The molecule has 0 rings (SSSR count). The molecule has 1 unspecified atom stereocenters. The van der Waals surface area contributed by atoms with E-state index >= 15 is 0 Å². The van der Waals surface area contributed by atoms with Gasteiger partial charge in [-0.3, -0.25) is 0 Å². The maximum absolute atomic E-state index is 10.8. The molecular formula is C7H16O8S. The van der Waals surface area contributed by atoms with E-state index in [1.165, 1.54) is 0 Å². The Labute approximate surface area is 92.3 Å². The van der Waals surface area contributed by atoms with Gasteiger partial charge in [0.25, 0.3) is 0 Å². The third-order valence-electron chi connectivity index (χ3n) is 2.01. The molecule has 9 heteroatoms. The van der Waals surface area contributed by atoms with Crippen LogP contribution < -0.4 is 0 Å². The lowest BCUT2D eigenvalue weighted by Gasteiger charge is -2.27. The van der Waals surface area contributed by atoms with Crippen LogP contribution >= 0.6 is 0 Å². The zero-order valence-corrected chi connectivity index (χ0v) is 9.32. The third kappa shape index (κ3) is 3.94. The van der Waals surface area contributed by atoms with E-state index in [1.54, 1.807) is 0 Å². The lowest BCUT2D eigenvalue weighted by molar-refractivity contribution is -0.128. The van der Waals surface area contributed by atoms with Gasteiger partial charge in [-0.05, 0) is 0 Å². The van der Waals surface area contributed by atoms with Gasteiger partial charge in [-0.25, -0.2) is 8.42 Å². The van der Waals surface area contributed by atoms with Crippen LogP contribution in [0.4, 0.5) is 0 Å². The predicted molar refractivity (Wildman–Crippen MR) is 52.0 cm³/mol. The predicted octanol–water partition coefficient (Wildman–Crippen LogP) is -4.21. The molecule has 0 aliphatic rings. The Morgan fingerprint density at radius 3 is 1.69 bits per heavy atom. The van der Waals surface area contributed by atoms with E-state index in [0.717, 1.165) is 0 Å². The molecule has 0 aromatic heterocycles. The molecule has 0 saturated carbocycles. The van der Waals surface area contributed by atoms with Gasteiger partial charge in [-0.15, -0.1) is 0 Å². The molecule has 0 aromatic rings. The first-order valence-electron chi connectivity index (χ1n) is 4.33. The van der Waals surface area contributed by atoms with Gasteiger partial charge in [0.1, 0.15) is 24.4 Å². The standard InChI is InChI=1S/C7H16O8S/c1-16(14,15)7(13)6(12)5(11)4(10)3(9)2-8/h3-13H,2H2,1H3/t3-,4-,5+,6-,7?/m0/s1. The van der Waals surface area contributed by atoms with E-state index in [0.29, 0.717) is 6.26 Å². The van der Waals surface area contributed by atoms with Crippen molar-refractivity contribution >= 4 is 9.84 Å². The number of sulfone groups is 1. The SMILES string of the molecule is CS(=O)(=O)C(O)[C@@H](O)[C@H](O)[C@@H](O)[C@@H](O)CO. The summed E-state index contributed by atoms with van der Waals surface area (Å²) < 4.78 is 21.6. The Morgan fingerprint density at radius 1 is 0.938 bits per heavy atom. The lowest BCUT2D eigenvalue weighted by Crippen LogP contribution is -2.51. The number of hydrogen-bond acceptors (Lipinski definition) is 8. The van der Waals surface area contributed by atoms with Crippen molar-refractivity contribution in [1.82, 2.24) is 0 Å². The summed E-state index contributed by atoms with van der Waals surface area (Å²) >= 11 is 0. The smallest absolute Gasteiger partial charge is 0.183 e. The minimum atomic E-state index is -4.02. The second-order valence-electron chi connectivity index (χ2n) is 3.44. The maximum Gasteiger partial charge on any atom is 0.183 e. The molecule has 0 bridgehead atoms. The Bertz CT molecular complexity index is 302. The number of aliphatic hydroxyl groups excluding tert-OH is 6. The van der Waals surface area contributed by atoms with Crippen molar-refractivity contribution in [2.24, 2.45) is 0 Å². The molecule has 6 N–H and O–H groups in total. The molecule has 0 heterocycles. The van der Waals surface area contributed by atoms with Crippen molar-refractivity contribution in [3.05, 3.63) is 0 Å². The fourth-order valence-electron chi connectivity index (χ4n) is 0.960. The molecule has 0 fully saturated rings. The molecule has 0 amide bonds. The highest BCUT2D eigenvalue weighted by Gasteiger charge is 2.38. The normalized spacial score (nSPS) is 22.2. The maximum atomic E-state index is 10.8. The highest BCUT2D eigenvalue weighted by molar-refractivity contribution is 7.91. The van der Waals surface area contributed by atoms with Crippen LogP contribution in [-0.4, -0.2) is 81.8 Å². The fraction of sp³-hybridized carbons (Fsp3) is 1.00. The first-order chi connectivity index (χ1) is 7.12. The first kappa shape index (κ1) is 15.7. The number of hydrogen-bond donors (Lipinski definition) is 6. The quantitative estimate of drug-likeness (QED) is 0.281. The van der Waals surface area contributed by atoms with E-state index in [4.69, 9.17) is 20.4 Å². The van der Waals surface area contributed by atoms with Crippen molar-refractivity contribution in [2.45, 2.75) is 29.9 Å². The highest BCUT2D eigenvalue weighted by atomic mass is 32.2. The molecule has 98 valence electrons.